The van der Waals surface area contributed by atoms with Gasteiger partial charge in [-0.3, -0.25) is 9.44 Å². The van der Waals surface area contributed by atoms with E-state index >= 15 is 0 Å². The third-order valence-electron chi connectivity index (χ3n) is 2.06. The monoisotopic (exact) mass is 416 g/mol. The van der Waals surface area contributed by atoms with Gasteiger partial charge in [0.1, 0.15) is 0 Å². The summed E-state index contributed by atoms with van der Waals surface area (Å²) in [4.78, 5) is 0. The molecular weight excluding hydrogens is 397 g/mol. The van der Waals surface area contributed by atoms with Crippen LogP contribution in [-0.2, 0) is 9.47 Å². The number of unbranched alkanes of at least 4 members (excludes halogenated alkanes) is 1. The second kappa shape index (κ2) is 14.8. The predicted octanol–water partition coefficient (Wildman–Crippen LogP) is 4.32. The average molecular weight is 417 g/mol. The van der Waals surface area contributed by atoms with E-state index in [0.717, 1.165) is 34.1 Å². The zero-order valence-corrected chi connectivity index (χ0v) is 17.4. The predicted molar refractivity (Wildman–Crippen MR) is 114 cm³/mol. The van der Waals surface area contributed by atoms with E-state index in [0.29, 0.717) is 23.6 Å². The Bertz CT molecular complexity index is 356. The number of rotatable bonds is 7. The van der Waals surface area contributed by atoms with Crippen LogP contribution in [0.5, 0.6) is 0 Å². The minimum absolute atomic E-state index is 0.365. The highest BCUT2D eigenvalue weighted by Crippen LogP contribution is 2.13. The molecule has 2 N–H and O–H groups in total. The van der Waals surface area contributed by atoms with Crippen LogP contribution in [0.3, 0.4) is 0 Å². The van der Waals surface area contributed by atoms with Gasteiger partial charge in [-0.25, -0.2) is 0 Å². The van der Waals surface area contributed by atoms with Crippen molar-refractivity contribution in [3.63, 3.8) is 0 Å². The second-order valence-corrected chi connectivity index (χ2v) is 7.85. The summed E-state index contributed by atoms with van der Waals surface area (Å²) in [5.74, 6) is 0. The van der Waals surface area contributed by atoms with Crippen molar-refractivity contribution >= 4 is 91.5 Å². The maximum atomic E-state index is 5.25. The summed E-state index contributed by atoms with van der Waals surface area (Å²) in [6.07, 6.45) is 3.62. The van der Waals surface area contributed by atoms with Crippen LogP contribution in [0.4, 0.5) is 0 Å². The molecule has 0 bridgehead atoms. The molecule has 0 heterocycles. The molecule has 10 heteroatoms. The van der Waals surface area contributed by atoms with Gasteiger partial charge in [-0.15, -0.1) is 0 Å². The van der Waals surface area contributed by atoms with Crippen molar-refractivity contribution in [2.45, 2.75) is 39.5 Å². The minimum atomic E-state index is 0.365. The molecular formula is C12H20N2O2S6. The van der Waals surface area contributed by atoms with Crippen LogP contribution in [0, 0.1) is 0 Å². The van der Waals surface area contributed by atoms with Gasteiger partial charge in [0.25, 0.3) is 10.3 Å². The summed E-state index contributed by atoms with van der Waals surface area (Å²) in [6, 6.07) is 0. The molecule has 0 aliphatic heterocycles. The standard InChI is InChI=1S/C12H20N2O2S6/c1-3-15-11(19)13-21-9(17)7-5-6-8-10(18)22-14-12(20)16-4-2/h3-8H2,1-2H3,(H,13,19)(H,14,20). The van der Waals surface area contributed by atoms with Crippen LogP contribution in [0.25, 0.3) is 0 Å². The van der Waals surface area contributed by atoms with Gasteiger partial charge in [0.15, 0.2) is 0 Å². The van der Waals surface area contributed by atoms with Crippen molar-refractivity contribution in [2.24, 2.45) is 0 Å². The van der Waals surface area contributed by atoms with E-state index in [-0.39, 0.29) is 0 Å². The van der Waals surface area contributed by atoms with Crippen LogP contribution in [0.2, 0.25) is 0 Å². The molecule has 0 unspecified atom stereocenters. The van der Waals surface area contributed by atoms with Crippen molar-refractivity contribution in [1.29, 1.82) is 0 Å². The van der Waals surface area contributed by atoms with Crippen molar-refractivity contribution < 1.29 is 9.47 Å². The Morgan fingerprint density at radius 1 is 0.773 bits per heavy atom. The largest absolute Gasteiger partial charge is 0.471 e. The maximum absolute atomic E-state index is 5.25. The molecule has 0 aliphatic carbocycles. The third-order valence-corrected chi connectivity index (χ3v) is 5.10. The lowest BCUT2D eigenvalue weighted by atomic mass is 10.2. The van der Waals surface area contributed by atoms with Crippen LogP contribution in [0.1, 0.15) is 39.5 Å². The first-order valence-electron chi connectivity index (χ1n) is 6.74. The van der Waals surface area contributed by atoms with E-state index in [4.69, 9.17) is 58.3 Å². The highest BCUT2D eigenvalue weighted by atomic mass is 32.2. The molecule has 0 atom stereocenters. The third kappa shape index (κ3) is 13.9. The highest BCUT2D eigenvalue weighted by molar-refractivity contribution is 8.22. The van der Waals surface area contributed by atoms with Gasteiger partial charge in [0, 0.05) is 0 Å². The molecule has 0 spiro atoms. The van der Waals surface area contributed by atoms with Gasteiger partial charge in [-0.2, -0.15) is 0 Å². The van der Waals surface area contributed by atoms with E-state index < -0.39 is 0 Å². The first kappa shape index (κ1) is 22.3. The van der Waals surface area contributed by atoms with Gasteiger partial charge >= 0.3 is 0 Å². The van der Waals surface area contributed by atoms with E-state index in [1.54, 1.807) is 0 Å². The fourth-order valence-electron chi connectivity index (χ4n) is 1.16. The summed E-state index contributed by atoms with van der Waals surface area (Å²) in [7, 11) is 0. The quantitative estimate of drug-likeness (QED) is 0.356. The zero-order chi connectivity index (χ0) is 16.8. The van der Waals surface area contributed by atoms with Gasteiger partial charge < -0.3 is 9.47 Å². The van der Waals surface area contributed by atoms with E-state index in [1.165, 1.54) is 23.9 Å². The Hall–Kier alpha value is 0.260. The molecule has 0 saturated carbocycles. The summed E-state index contributed by atoms with van der Waals surface area (Å²) < 4.78 is 17.7. The van der Waals surface area contributed by atoms with Gasteiger partial charge in [0.2, 0.25) is 0 Å². The smallest absolute Gasteiger partial charge is 0.267 e. The number of hydrogen-bond acceptors (Lipinski definition) is 8. The Labute approximate surface area is 162 Å². The topological polar surface area (TPSA) is 42.5 Å². The molecule has 126 valence electrons. The van der Waals surface area contributed by atoms with Crippen molar-refractivity contribution in [3.8, 4) is 0 Å². The summed E-state index contributed by atoms with van der Waals surface area (Å²) in [6.45, 7) is 4.87. The Morgan fingerprint density at radius 2 is 1.14 bits per heavy atom. The number of thiocarbonyl (C=S) groups is 4. The van der Waals surface area contributed by atoms with Crippen LogP contribution < -0.4 is 9.44 Å². The lowest BCUT2D eigenvalue weighted by molar-refractivity contribution is 0.328. The molecule has 0 rings (SSSR count). The Balaban J connectivity index is 3.58. The fourth-order valence-corrected chi connectivity index (χ4v) is 3.19. The average Bonchev–Trinajstić information content (AvgIpc) is 2.48. The van der Waals surface area contributed by atoms with Crippen LogP contribution >= 0.6 is 72.8 Å². The first-order valence-corrected chi connectivity index (χ1v) is 10.0. The fraction of sp³-hybridized carbons (Fsp3) is 0.667. The van der Waals surface area contributed by atoms with Crippen molar-refractivity contribution in [2.75, 3.05) is 13.2 Å². The molecule has 0 amide bonds. The lowest BCUT2D eigenvalue weighted by Gasteiger charge is -2.09. The minimum Gasteiger partial charge on any atom is -0.471 e. The highest BCUT2D eigenvalue weighted by Gasteiger charge is 2.04. The first-order chi connectivity index (χ1) is 10.5. The van der Waals surface area contributed by atoms with E-state index in [9.17, 15) is 0 Å². The molecule has 0 saturated heterocycles. The number of nitrogens with one attached hydrogen (secondary N) is 2. The molecule has 22 heavy (non-hydrogen) atoms. The lowest BCUT2D eigenvalue weighted by Crippen LogP contribution is -2.18. The molecule has 0 aromatic heterocycles. The zero-order valence-electron chi connectivity index (χ0n) is 12.5. The van der Waals surface area contributed by atoms with Crippen LogP contribution in [0.15, 0.2) is 0 Å². The summed E-state index contributed by atoms with van der Waals surface area (Å²) in [5.41, 5.74) is 0. The molecule has 0 fully saturated rings. The maximum Gasteiger partial charge on any atom is 0.267 e. The number of ether oxygens (including phenoxy) is 2. The van der Waals surface area contributed by atoms with E-state index in [1.807, 2.05) is 13.8 Å². The molecule has 0 aromatic carbocycles. The van der Waals surface area contributed by atoms with Crippen LogP contribution in [-0.4, -0.2) is 32.0 Å². The van der Waals surface area contributed by atoms with E-state index in [2.05, 4.69) is 9.44 Å². The van der Waals surface area contributed by atoms with Gasteiger partial charge in [-0.1, -0.05) is 24.4 Å². The molecule has 0 radical (unpaired) electrons. The summed E-state index contributed by atoms with van der Waals surface area (Å²) >= 11 is 23.1. The molecule has 0 aliphatic rings. The van der Waals surface area contributed by atoms with Gasteiger partial charge in [-0.05, 0) is 87.9 Å². The SMILES string of the molecule is CCOC(=S)NSC(=S)CCCCC(=S)SNC(=S)OCC. The Morgan fingerprint density at radius 3 is 1.45 bits per heavy atom. The van der Waals surface area contributed by atoms with Crippen molar-refractivity contribution in [3.05, 3.63) is 0 Å². The Kier molecular flexibility index (Phi) is 15.0. The number of hydrogen-bond donors (Lipinski definition) is 2. The van der Waals surface area contributed by atoms with Gasteiger partial charge in [0.05, 0.1) is 21.6 Å². The molecule has 4 nitrogen and oxygen atoms in total. The van der Waals surface area contributed by atoms with Crippen molar-refractivity contribution in [1.82, 2.24) is 9.44 Å². The second-order valence-electron chi connectivity index (χ2n) is 3.80. The summed E-state index contributed by atoms with van der Waals surface area (Å²) in [5, 5.41) is 0.729. The normalized spacial score (nSPS) is 9.73. The molecule has 0 aromatic rings.